The van der Waals surface area contributed by atoms with E-state index in [9.17, 15) is 13.2 Å². The molecule has 0 heterocycles. The minimum atomic E-state index is -3.83. The predicted molar refractivity (Wildman–Crippen MR) is 104 cm³/mol. The number of sulfonamides is 1. The number of hydrogen-bond donors (Lipinski definition) is 2. The maximum Gasteiger partial charge on any atom is 0.261 e. The number of rotatable bonds is 7. The van der Waals surface area contributed by atoms with Crippen LogP contribution >= 0.6 is 11.6 Å². The highest BCUT2D eigenvalue weighted by Crippen LogP contribution is 2.23. The van der Waals surface area contributed by atoms with Crippen LogP contribution in [-0.2, 0) is 10.0 Å². The minimum Gasteiger partial charge on any atom is -0.351 e. The molecule has 2 N–H and O–H groups in total. The van der Waals surface area contributed by atoms with E-state index in [2.05, 4.69) is 10.0 Å². The molecule has 0 saturated carbocycles. The summed E-state index contributed by atoms with van der Waals surface area (Å²) >= 11 is 6.03. The molecule has 26 heavy (non-hydrogen) atoms. The number of benzene rings is 2. The molecule has 0 atom stereocenters. The summed E-state index contributed by atoms with van der Waals surface area (Å²) in [5.74, 6) is -0.317. The fraction of sp³-hybridized carbons (Fsp3) is 0.278. The number of anilines is 1. The van der Waals surface area contributed by atoms with E-state index in [1.807, 2.05) is 25.9 Å². The second-order valence-electron chi connectivity index (χ2n) is 6.16. The first-order chi connectivity index (χ1) is 12.2. The Morgan fingerprint density at radius 3 is 2.54 bits per heavy atom. The Kier molecular flexibility index (Phi) is 6.63. The van der Waals surface area contributed by atoms with Gasteiger partial charge in [0.05, 0.1) is 10.6 Å². The molecule has 0 saturated heterocycles. The van der Waals surface area contributed by atoms with Crippen LogP contribution in [0.25, 0.3) is 0 Å². The highest BCUT2D eigenvalue weighted by molar-refractivity contribution is 7.92. The Morgan fingerprint density at radius 1 is 1.15 bits per heavy atom. The number of likely N-dealkylation sites (N-methyl/N-ethyl adjacent to an activating group) is 1. The lowest BCUT2D eigenvalue weighted by Gasteiger charge is -2.12. The quantitative estimate of drug-likeness (QED) is 0.755. The van der Waals surface area contributed by atoms with Crippen molar-refractivity contribution in [2.45, 2.75) is 11.8 Å². The van der Waals surface area contributed by atoms with Crippen molar-refractivity contribution in [2.75, 3.05) is 31.9 Å². The van der Waals surface area contributed by atoms with E-state index in [0.717, 1.165) is 5.56 Å². The van der Waals surface area contributed by atoms with Crippen molar-refractivity contribution in [3.05, 3.63) is 58.6 Å². The number of nitrogens with one attached hydrogen (secondary N) is 2. The average molecular weight is 396 g/mol. The number of carbonyl (C=O) groups excluding carboxylic acids is 1. The molecule has 0 unspecified atom stereocenters. The van der Waals surface area contributed by atoms with Gasteiger partial charge >= 0.3 is 0 Å². The number of aryl methyl sites for hydroxylation is 1. The predicted octanol–water partition coefficient (Wildman–Crippen LogP) is 2.74. The molecule has 2 rings (SSSR count). The zero-order valence-electron chi connectivity index (χ0n) is 14.9. The fourth-order valence-electron chi connectivity index (χ4n) is 2.17. The molecule has 0 fully saturated rings. The molecule has 0 aromatic heterocycles. The molecule has 0 radical (unpaired) electrons. The van der Waals surface area contributed by atoms with Crippen LogP contribution < -0.4 is 10.0 Å². The van der Waals surface area contributed by atoms with Gasteiger partial charge in [-0.1, -0.05) is 23.7 Å². The summed E-state index contributed by atoms with van der Waals surface area (Å²) in [4.78, 5) is 14.1. The van der Waals surface area contributed by atoms with Gasteiger partial charge in [-0.15, -0.1) is 0 Å². The number of amides is 1. The fourth-order valence-corrected chi connectivity index (χ4v) is 3.45. The zero-order valence-corrected chi connectivity index (χ0v) is 16.5. The first-order valence-electron chi connectivity index (χ1n) is 8.01. The van der Waals surface area contributed by atoms with Gasteiger partial charge in [0.25, 0.3) is 15.9 Å². The summed E-state index contributed by atoms with van der Waals surface area (Å²) in [7, 11) is -0.0195. The second kappa shape index (κ2) is 8.53. The van der Waals surface area contributed by atoms with E-state index >= 15 is 0 Å². The van der Waals surface area contributed by atoms with E-state index in [0.29, 0.717) is 23.8 Å². The van der Waals surface area contributed by atoms with Crippen LogP contribution in [0.4, 0.5) is 5.69 Å². The van der Waals surface area contributed by atoms with Crippen molar-refractivity contribution in [1.29, 1.82) is 0 Å². The molecular weight excluding hydrogens is 374 g/mol. The van der Waals surface area contributed by atoms with Gasteiger partial charge in [0.2, 0.25) is 0 Å². The van der Waals surface area contributed by atoms with E-state index in [-0.39, 0.29) is 16.4 Å². The SMILES string of the molecule is Cc1ccc(NS(=O)(=O)c2cccc(C(=O)NCCN(C)C)c2)cc1Cl. The smallest absolute Gasteiger partial charge is 0.261 e. The Bertz CT molecular complexity index is 898. The summed E-state index contributed by atoms with van der Waals surface area (Å²) in [5, 5.41) is 3.23. The van der Waals surface area contributed by atoms with Gasteiger partial charge in [0, 0.05) is 23.7 Å². The summed E-state index contributed by atoms with van der Waals surface area (Å²) < 4.78 is 27.6. The molecule has 0 bridgehead atoms. The Hall–Kier alpha value is -2.09. The van der Waals surface area contributed by atoms with Gasteiger partial charge in [-0.05, 0) is 56.9 Å². The van der Waals surface area contributed by atoms with Crippen LogP contribution in [0.1, 0.15) is 15.9 Å². The van der Waals surface area contributed by atoms with Gasteiger partial charge in [0.15, 0.2) is 0 Å². The molecule has 0 aliphatic rings. The summed E-state index contributed by atoms with van der Waals surface area (Å²) in [6.07, 6.45) is 0. The number of halogens is 1. The lowest BCUT2D eigenvalue weighted by Crippen LogP contribution is -2.31. The standard InChI is InChI=1S/C18H22ClN3O3S/c1-13-7-8-15(12-17(13)19)21-26(24,25)16-6-4-5-14(11-16)18(23)20-9-10-22(2)3/h4-8,11-12,21H,9-10H2,1-3H3,(H,20,23). The van der Waals surface area contributed by atoms with E-state index in [1.54, 1.807) is 24.3 Å². The van der Waals surface area contributed by atoms with Gasteiger partial charge in [-0.3, -0.25) is 9.52 Å². The molecular formula is C18H22ClN3O3S. The normalized spacial score (nSPS) is 11.4. The van der Waals surface area contributed by atoms with E-state index in [4.69, 9.17) is 11.6 Å². The molecule has 8 heteroatoms. The van der Waals surface area contributed by atoms with Gasteiger partial charge in [-0.25, -0.2) is 8.42 Å². The van der Waals surface area contributed by atoms with Crippen molar-refractivity contribution in [2.24, 2.45) is 0 Å². The topological polar surface area (TPSA) is 78.5 Å². The van der Waals surface area contributed by atoms with Crippen molar-refractivity contribution in [1.82, 2.24) is 10.2 Å². The largest absolute Gasteiger partial charge is 0.351 e. The number of carbonyl (C=O) groups is 1. The van der Waals surface area contributed by atoms with Crippen molar-refractivity contribution < 1.29 is 13.2 Å². The Balaban J connectivity index is 2.16. The molecule has 0 aliphatic carbocycles. The van der Waals surface area contributed by atoms with Crippen LogP contribution in [0.5, 0.6) is 0 Å². The molecule has 2 aromatic carbocycles. The van der Waals surface area contributed by atoms with Crippen molar-refractivity contribution >= 4 is 33.2 Å². The van der Waals surface area contributed by atoms with E-state index < -0.39 is 10.0 Å². The zero-order chi connectivity index (χ0) is 19.3. The van der Waals surface area contributed by atoms with E-state index in [1.165, 1.54) is 18.2 Å². The number of nitrogens with zero attached hydrogens (tertiary/aromatic N) is 1. The summed E-state index contributed by atoms with van der Waals surface area (Å²) in [5.41, 5.74) is 1.50. The third kappa shape index (κ3) is 5.45. The number of hydrogen-bond acceptors (Lipinski definition) is 4. The highest BCUT2D eigenvalue weighted by atomic mass is 35.5. The molecule has 0 spiro atoms. The second-order valence-corrected chi connectivity index (χ2v) is 8.25. The Morgan fingerprint density at radius 2 is 1.88 bits per heavy atom. The maximum atomic E-state index is 12.6. The molecule has 6 nitrogen and oxygen atoms in total. The Labute approximate surface area is 159 Å². The van der Waals surface area contributed by atoms with Crippen LogP contribution in [0.2, 0.25) is 5.02 Å². The van der Waals surface area contributed by atoms with Gasteiger partial charge in [-0.2, -0.15) is 0 Å². The van der Waals surface area contributed by atoms with Crippen molar-refractivity contribution in [3.8, 4) is 0 Å². The first-order valence-corrected chi connectivity index (χ1v) is 9.87. The lowest BCUT2D eigenvalue weighted by molar-refractivity contribution is 0.0951. The monoisotopic (exact) mass is 395 g/mol. The summed E-state index contributed by atoms with van der Waals surface area (Å²) in [6, 6.07) is 10.8. The molecule has 0 aliphatic heterocycles. The third-order valence-corrected chi connectivity index (χ3v) is 5.46. The van der Waals surface area contributed by atoms with Crippen LogP contribution in [0.15, 0.2) is 47.4 Å². The van der Waals surface area contributed by atoms with Crippen LogP contribution in [0.3, 0.4) is 0 Å². The molecule has 140 valence electrons. The van der Waals surface area contributed by atoms with Crippen LogP contribution in [0, 0.1) is 6.92 Å². The van der Waals surface area contributed by atoms with Gasteiger partial charge in [0.1, 0.15) is 0 Å². The average Bonchev–Trinajstić information content (AvgIpc) is 2.57. The first kappa shape index (κ1) is 20.2. The minimum absolute atomic E-state index is 0.00876. The lowest BCUT2D eigenvalue weighted by atomic mass is 10.2. The van der Waals surface area contributed by atoms with Crippen LogP contribution in [-0.4, -0.2) is 46.4 Å². The molecule has 1 amide bonds. The summed E-state index contributed by atoms with van der Waals surface area (Å²) in [6.45, 7) is 3.00. The third-order valence-electron chi connectivity index (χ3n) is 3.68. The van der Waals surface area contributed by atoms with Crippen molar-refractivity contribution in [3.63, 3.8) is 0 Å². The maximum absolute atomic E-state index is 12.6. The van der Waals surface area contributed by atoms with Gasteiger partial charge < -0.3 is 10.2 Å². The molecule has 2 aromatic rings. The highest BCUT2D eigenvalue weighted by Gasteiger charge is 2.17.